The molecule has 0 aromatic heterocycles. The maximum Gasteiger partial charge on any atom is 0.307 e. The average Bonchev–Trinajstić information content (AvgIpc) is 3.00. The Morgan fingerprint density at radius 2 is 1.81 bits per heavy atom. The summed E-state index contributed by atoms with van der Waals surface area (Å²) in [6, 6.07) is 0.262. The van der Waals surface area contributed by atoms with E-state index in [1.54, 1.807) is 7.05 Å². The highest BCUT2D eigenvalue weighted by atomic mass is 16.4. The summed E-state index contributed by atoms with van der Waals surface area (Å²) >= 11 is 0. The summed E-state index contributed by atoms with van der Waals surface area (Å²) in [4.78, 5) is 37.1. The van der Waals surface area contributed by atoms with E-state index in [-0.39, 0.29) is 36.2 Å². The SMILES string of the molecule is CN(CC(=O)NC1CC1)C(=O)C1C2C=CC(C2)C1C(=O)O. The van der Waals surface area contributed by atoms with Gasteiger partial charge in [-0.3, -0.25) is 14.4 Å². The lowest BCUT2D eigenvalue weighted by Gasteiger charge is -2.28. The second-order valence-corrected chi connectivity index (χ2v) is 6.37. The summed E-state index contributed by atoms with van der Waals surface area (Å²) < 4.78 is 0. The molecule has 6 nitrogen and oxygen atoms in total. The highest BCUT2D eigenvalue weighted by Gasteiger charge is 2.52. The number of hydrogen-bond donors (Lipinski definition) is 2. The molecule has 0 saturated heterocycles. The Balaban J connectivity index is 1.64. The molecule has 3 rings (SSSR count). The summed E-state index contributed by atoms with van der Waals surface area (Å²) in [5, 5.41) is 12.2. The summed E-state index contributed by atoms with van der Waals surface area (Å²) in [6.45, 7) is -0.000721. The molecule has 0 spiro atoms. The van der Waals surface area contributed by atoms with Gasteiger partial charge in [-0.25, -0.2) is 0 Å². The molecule has 0 aromatic carbocycles. The molecular formula is C15H20N2O4. The zero-order chi connectivity index (χ0) is 15.1. The predicted octanol–water partition coefficient (Wildman–Crippen LogP) is 0.246. The van der Waals surface area contributed by atoms with Crippen molar-refractivity contribution in [3.05, 3.63) is 12.2 Å². The predicted molar refractivity (Wildman–Crippen MR) is 74.2 cm³/mol. The lowest BCUT2D eigenvalue weighted by Crippen LogP contribution is -2.45. The third-order valence-corrected chi connectivity index (χ3v) is 4.73. The molecule has 4 atom stereocenters. The number of aliphatic carboxylic acids is 1. The Labute approximate surface area is 123 Å². The van der Waals surface area contributed by atoms with E-state index in [0.29, 0.717) is 0 Å². The summed E-state index contributed by atoms with van der Waals surface area (Å²) in [5.41, 5.74) is 0. The Hall–Kier alpha value is -1.85. The Morgan fingerprint density at radius 1 is 1.19 bits per heavy atom. The van der Waals surface area contributed by atoms with Crippen LogP contribution in [0.5, 0.6) is 0 Å². The molecule has 114 valence electrons. The topological polar surface area (TPSA) is 86.7 Å². The molecule has 2 saturated carbocycles. The highest BCUT2D eigenvalue weighted by molar-refractivity contribution is 5.90. The highest BCUT2D eigenvalue weighted by Crippen LogP contribution is 2.48. The van der Waals surface area contributed by atoms with Crippen molar-refractivity contribution in [2.24, 2.45) is 23.7 Å². The fourth-order valence-corrected chi connectivity index (χ4v) is 3.54. The minimum Gasteiger partial charge on any atom is -0.481 e. The van der Waals surface area contributed by atoms with Gasteiger partial charge in [0.15, 0.2) is 0 Å². The summed E-state index contributed by atoms with van der Waals surface area (Å²) in [5.74, 6) is -2.55. The second kappa shape index (κ2) is 5.16. The minimum absolute atomic E-state index is 0.000721. The molecule has 4 unspecified atom stereocenters. The van der Waals surface area contributed by atoms with E-state index in [1.807, 2.05) is 12.2 Å². The lowest BCUT2D eigenvalue weighted by molar-refractivity contribution is -0.151. The van der Waals surface area contributed by atoms with Crippen LogP contribution in [0.3, 0.4) is 0 Å². The van der Waals surface area contributed by atoms with Crippen molar-refractivity contribution in [2.75, 3.05) is 13.6 Å². The quantitative estimate of drug-likeness (QED) is 0.711. The number of carboxylic acid groups (broad SMARTS) is 1. The van der Waals surface area contributed by atoms with E-state index in [2.05, 4.69) is 5.32 Å². The molecule has 3 aliphatic carbocycles. The first-order valence-corrected chi connectivity index (χ1v) is 7.43. The fraction of sp³-hybridized carbons (Fsp3) is 0.667. The van der Waals surface area contributed by atoms with Gasteiger partial charge >= 0.3 is 5.97 Å². The van der Waals surface area contributed by atoms with Crippen molar-refractivity contribution >= 4 is 17.8 Å². The van der Waals surface area contributed by atoms with Crippen LogP contribution in [-0.4, -0.2) is 47.4 Å². The normalized spacial score (nSPS) is 33.0. The number of rotatable bonds is 5. The smallest absolute Gasteiger partial charge is 0.307 e. The van der Waals surface area contributed by atoms with Crippen LogP contribution in [0, 0.1) is 23.7 Å². The van der Waals surface area contributed by atoms with Gasteiger partial charge in [-0.05, 0) is 31.1 Å². The van der Waals surface area contributed by atoms with Crippen LogP contribution in [-0.2, 0) is 14.4 Å². The molecule has 3 aliphatic rings. The monoisotopic (exact) mass is 292 g/mol. The van der Waals surface area contributed by atoms with E-state index in [4.69, 9.17) is 0 Å². The molecule has 0 aromatic rings. The number of carboxylic acids is 1. The number of carbonyl (C=O) groups is 3. The number of fused-ring (bicyclic) bond motifs is 2. The second-order valence-electron chi connectivity index (χ2n) is 6.37. The van der Waals surface area contributed by atoms with Gasteiger partial charge < -0.3 is 15.3 Å². The van der Waals surface area contributed by atoms with Crippen LogP contribution in [0.4, 0.5) is 0 Å². The van der Waals surface area contributed by atoms with Crippen LogP contribution in [0.1, 0.15) is 19.3 Å². The Kier molecular flexibility index (Phi) is 3.47. The van der Waals surface area contributed by atoms with E-state index in [1.165, 1.54) is 4.90 Å². The van der Waals surface area contributed by atoms with Crippen molar-refractivity contribution in [1.82, 2.24) is 10.2 Å². The number of nitrogens with zero attached hydrogens (tertiary/aromatic N) is 1. The van der Waals surface area contributed by atoms with E-state index >= 15 is 0 Å². The molecule has 0 radical (unpaired) electrons. The maximum atomic E-state index is 12.5. The molecule has 21 heavy (non-hydrogen) atoms. The Bertz CT molecular complexity index is 512. The third kappa shape index (κ3) is 2.66. The number of nitrogens with one attached hydrogen (secondary N) is 1. The van der Waals surface area contributed by atoms with Gasteiger partial charge in [0.1, 0.15) is 0 Å². The fourth-order valence-electron chi connectivity index (χ4n) is 3.54. The molecule has 2 N–H and O–H groups in total. The van der Waals surface area contributed by atoms with Crippen molar-refractivity contribution in [2.45, 2.75) is 25.3 Å². The minimum atomic E-state index is -0.916. The first-order chi connectivity index (χ1) is 9.97. The molecule has 2 fully saturated rings. The summed E-state index contributed by atoms with van der Waals surface area (Å²) in [6.07, 6.45) is 6.59. The van der Waals surface area contributed by atoms with Crippen LogP contribution in [0.15, 0.2) is 12.2 Å². The zero-order valence-corrected chi connectivity index (χ0v) is 12.0. The van der Waals surface area contributed by atoms with Crippen molar-refractivity contribution < 1.29 is 19.5 Å². The van der Waals surface area contributed by atoms with Crippen molar-refractivity contribution in [1.29, 1.82) is 0 Å². The molecule has 2 bridgehead atoms. The Morgan fingerprint density at radius 3 is 2.38 bits per heavy atom. The van der Waals surface area contributed by atoms with E-state index in [9.17, 15) is 19.5 Å². The van der Waals surface area contributed by atoms with Gasteiger partial charge in [-0.15, -0.1) is 0 Å². The van der Waals surface area contributed by atoms with Crippen LogP contribution in [0.25, 0.3) is 0 Å². The van der Waals surface area contributed by atoms with Gasteiger partial charge in [0.25, 0.3) is 0 Å². The van der Waals surface area contributed by atoms with Crippen LogP contribution >= 0.6 is 0 Å². The van der Waals surface area contributed by atoms with Crippen LogP contribution in [0.2, 0.25) is 0 Å². The standard InChI is InChI=1S/C15H20N2O4/c1-17(7-11(18)16-10-4-5-10)14(19)12-8-2-3-9(6-8)13(12)15(20)21/h2-3,8-10,12-13H,4-7H2,1H3,(H,16,18)(H,20,21). The molecular weight excluding hydrogens is 272 g/mol. The van der Waals surface area contributed by atoms with Crippen LogP contribution < -0.4 is 5.32 Å². The van der Waals surface area contributed by atoms with Gasteiger partial charge in [0.05, 0.1) is 18.4 Å². The lowest BCUT2D eigenvalue weighted by atomic mass is 9.82. The maximum absolute atomic E-state index is 12.5. The van der Waals surface area contributed by atoms with Gasteiger partial charge in [-0.2, -0.15) is 0 Å². The molecule has 0 aliphatic heterocycles. The first-order valence-electron chi connectivity index (χ1n) is 7.43. The number of carbonyl (C=O) groups excluding carboxylic acids is 2. The summed E-state index contributed by atoms with van der Waals surface area (Å²) in [7, 11) is 1.57. The molecule has 0 heterocycles. The zero-order valence-electron chi connectivity index (χ0n) is 12.0. The third-order valence-electron chi connectivity index (χ3n) is 4.73. The van der Waals surface area contributed by atoms with E-state index < -0.39 is 17.8 Å². The van der Waals surface area contributed by atoms with Crippen molar-refractivity contribution in [3.63, 3.8) is 0 Å². The van der Waals surface area contributed by atoms with Gasteiger partial charge in [0, 0.05) is 13.1 Å². The number of likely N-dealkylation sites (N-methyl/N-ethyl adjacent to an activating group) is 1. The number of allylic oxidation sites excluding steroid dienone is 2. The molecule has 2 amide bonds. The van der Waals surface area contributed by atoms with E-state index in [0.717, 1.165) is 19.3 Å². The molecule has 6 heteroatoms. The number of hydrogen-bond acceptors (Lipinski definition) is 3. The average molecular weight is 292 g/mol. The number of amides is 2. The van der Waals surface area contributed by atoms with Crippen molar-refractivity contribution in [3.8, 4) is 0 Å². The first kappa shape index (κ1) is 14.1. The van der Waals surface area contributed by atoms with Gasteiger partial charge in [0.2, 0.25) is 11.8 Å². The largest absolute Gasteiger partial charge is 0.481 e. The van der Waals surface area contributed by atoms with Gasteiger partial charge in [-0.1, -0.05) is 12.2 Å².